The van der Waals surface area contributed by atoms with Gasteiger partial charge in [0.2, 0.25) is 0 Å². The summed E-state index contributed by atoms with van der Waals surface area (Å²) in [6.07, 6.45) is 4.62. The first-order valence-electron chi connectivity index (χ1n) is 7.94. The number of fused-ring (bicyclic) bond motifs is 1. The van der Waals surface area contributed by atoms with Gasteiger partial charge < -0.3 is 4.74 Å². The van der Waals surface area contributed by atoms with Gasteiger partial charge in [-0.25, -0.2) is 4.79 Å². The minimum atomic E-state index is -0.585. The van der Waals surface area contributed by atoms with E-state index in [4.69, 9.17) is 4.74 Å². The van der Waals surface area contributed by atoms with Gasteiger partial charge in [0.1, 0.15) is 11.1 Å². The molecule has 0 saturated heterocycles. The Morgan fingerprint density at radius 3 is 2.68 bits per heavy atom. The van der Waals surface area contributed by atoms with Gasteiger partial charge >= 0.3 is 6.09 Å². The van der Waals surface area contributed by atoms with Gasteiger partial charge in [-0.15, -0.1) is 16.4 Å². The van der Waals surface area contributed by atoms with Crippen LogP contribution in [0.15, 0.2) is 36.1 Å². The largest absolute Gasteiger partial charge is 0.443 e. The van der Waals surface area contributed by atoms with Crippen LogP contribution in [0.3, 0.4) is 0 Å². The molecule has 0 atom stereocenters. The summed E-state index contributed by atoms with van der Waals surface area (Å²) in [5, 5.41) is 10.3. The third-order valence-corrected chi connectivity index (χ3v) is 4.62. The van der Waals surface area contributed by atoms with Crippen LogP contribution >= 0.6 is 11.3 Å². The molecule has 0 aliphatic rings. The Labute approximate surface area is 150 Å². The number of thiophene rings is 1. The first-order valence-corrected chi connectivity index (χ1v) is 8.82. The standard InChI is InChI=1S/C18H20N4O2S/c1-12-11-25-16-14(9-20-21-15(12)16)22(17(23)24-18(2,3)4)10-13-5-7-19-8-6-13/h5-9,11H,10H2,1-4H3. The topological polar surface area (TPSA) is 68.2 Å². The van der Waals surface area contributed by atoms with Crippen LogP contribution in [0.2, 0.25) is 0 Å². The Balaban J connectivity index is 2.04. The van der Waals surface area contributed by atoms with Crippen molar-refractivity contribution in [3.63, 3.8) is 0 Å². The second kappa shape index (κ2) is 6.76. The van der Waals surface area contributed by atoms with Gasteiger partial charge in [-0.2, -0.15) is 5.10 Å². The van der Waals surface area contributed by atoms with Gasteiger partial charge in [0.05, 0.1) is 23.1 Å². The Morgan fingerprint density at radius 1 is 1.28 bits per heavy atom. The third kappa shape index (κ3) is 3.93. The monoisotopic (exact) mass is 356 g/mol. The van der Waals surface area contributed by atoms with Crippen molar-refractivity contribution in [2.75, 3.05) is 4.90 Å². The van der Waals surface area contributed by atoms with Crippen molar-refractivity contribution in [1.29, 1.82) is 0 Å². The third-order valence-electron chi connectivity index (χ3n) is 3.51. The number of rotatable bonds is 3. The van der Waals surface area contributed by atoms with Crippen LogP contribution in [0.5, 0.6) is 0 Å². The van der Waals surface area contributed by atoms with Crippen molar-refractivity contribution in [3.8, 4) is 0 Å². The lowest BCUT2D eigenvalue weighted by atomic mass is 10.2. The predicted molar refractivity (Wildman–Crippen MR) is 98.8 cm³/mol. The first kappa shape index (κ1) is 17.3. The number of amides is 1. The second-order valence-corrected chi connectivity index (χ2v) is 7.63. The molecule has 3 aromatic heterocycles. The van der Waals surface area contributed by atoms with Gasteiger partial charge in [0, 0.05) is 12.4 Å². The highest BCUT2D eigenvalue weighted by molar-refractivity contribution is 7.18. The smallest absolute Gasteiger partial charge is 0.415 e. The molecule has 0 bridgehead atoms. The Morgan fingerprint density at radius 2 is 2.00 bits per heavy atom. The molecule has 0 aliphatic heterocycles. The molecule has 6 nitrogen and oxygen atoms in total. The highest BCUT2D eigenvalue weighted by atomic mass is 32.1. The number of hydrogen-bond donors (Lipinski definition) is 0. The molecule has 3 aromatic rings. The number of ether oxygens (including phenoxy) is 1. The predicted octanol–water partition coefficient (Wildman–Crippen LogP) is 4.34. The van der Waals surface area contributed by atoms with E-state index < -0.39 is 11.7 Å². The van der Waals surface area contributed by atoms with Crippen molar-refractivity contribution in [2.45, 2.75) is 39.8 Å². The van der Waals surface area contributed by atoms with E-state index >= 15 is 0 Å². The Bertz CT molecular complexity index is 887. The molecule has 0 aromatic carbocycles. The molecule has 25 heavy (non-hydrogen) atoms. The summed E-state index contributed by atoms with van der Waals surface area (Å²) in [7, 11) is 0. The summed E-state index contributed by atoms with van der Waals surface area (Å²) in [6.45, 7) is 7.91. The number of nitrogens with zero attached hydrogens (tertiary/aromatic N) is 4. The molecular weight excluding hydrogens is 336 g/mol. The number of anilines is 1. The summed E-state index contributed by atoms with van der Waals surface area (Å²) in [4.78, 5) is 18.5. The first-order chi connectivity index (χ1) is 11.8. The highest BCUT2D eigenvalue weighted by Crippen LogP contribution is 2.33. The molecule has 1 amide bonds. The fourth-order valence-electron chi connectivity index (χ4n) is 2.37. The van der Waals surface area contributed by atoms with Crippen LogP contribution in [0.4, 0.5) is 10.5 Å². The molecule has 3 rings (SSSR count). The number of carbonyl (C=O) groups is 1. The molecule has 0 fully saturated rings. The molecule has 0 saturated carbocycles. The molecule has 0 N–H and O–H groups in total. The number of pyridine rings is 1. The van der Waals surface area contributed by atoms with E-state index in [0.717, 1.165) is 21.3 Å². The summed E-state index contributed by atoms with van der Waals surface area (Å²) >= 11 is 1.55. The zero-order valence-corrected chi connectivity index (χ0v) is 15.5. The van der Waals surface area contributed by atoms with Gasteiger partial charge in [0.15, 0.2) is 0 Å². The molecule has 7 heteroatoms. The molecule has 0 unspecified atom stereocenters. The number of carbonyl (C=O) groups excluding carboxylic acids is 1. The maximum Gasteiger partial charge on any atom is 0.415 e. The lowest BCUT2D eigenvalue weighted by molar-refractivity contribution is 0.0578. The van der Waals surface area contributed by atoms with Crippen LogP contribution in [0, 0.1) is 6.92 Å². The van der Waals surface area contributed by atoms with Gasteiger partial charge in [0.25, 0.3) is 0 Å². The Kier molecular flexibility index (Phi) is 4.67. The maximum absolute atomic E-state index is 12.9. The van der Waals surface area contributed by atoms with Crippen LogP contribution in [-0.4, -0.2) is 26.9 Å². The molecule has 0 radical (unpaired) electrons. The van der Waals surface area contributed by atoms with Crippen LogP contribution in [0.1, 0.15) is 31.9 Å². The maximum atomic E-state index is 12.9. The summed E-state index contributed by atoms with van der Waals surface area (Å²) < 4.78 is 6.53. The van der Waals surface area contributed by atoms with Crippen LogP contribution < -0.4 is 4.90 Å². The molecular formula is C18H20N4O2S. The van der Waals surface area contributed by atoms with Crippen LogP contribution in [-0.2, 0) is 11.3 Å². The molecule has 3 heterocycles. The summed E-state index contributed by atoms with van der Waals surface area (Å²) in [5.41, 5.74) is 2.93. The number of aryl methyl sites for hydroxylation is 1. The zero-order chi connectivity index (χ0) is 18.0. The van der Waals surface area contributed by atoms with Gasteiger partial charge in [-0.1, -0.05) is 0 Å². The lowest BCUT2D eigenvalue weighted by Gasteiger charge is -2.27. The Hall–Kier alpha value is -2.54. The minimum Gasteiger partial charge on any atom is -0.443 e. The number of hydrogen-bond acceptors (Lipinski definition) is 6. The van der Waals surface area contributed by atoms with E-state index in [1.807, 2.05) is 45.2 Å². The van der Waals surface area contributed by atoms with Gasteiger partial charge in [-0.05, 0) is 56.3 Å². The number of aromatic nitrogens is 3. The molecule has 130 valence electrons. The van der Waals surface area contributed by atoms with Crippen LogP contribution in [0.25, 0.3) is 10.2 Å². The van der Waals surface area contributed by atoms with E-state index in [-0.39, 0.29) is 0 Å². The van der Waals surface area contributed by atoms with E-state index in [2.05, 4.69) is 15.2 Å². The van der Waals surface area contributed by atoms with E-state index in [0.29, 0.717) is 12.2 Å². The lowest BCUT2D eigenvalue weighted by Crippen LogP contribution is -2.36. The second-order valence-electron chi connectivity index (χ2n) is 6.75. The SMILES string of the molecule is Cc1csc2c(N(Cc3ccncc3)C(=O)OC(C)(C)C)cnnc12. The van der Waals surface area contributed by atoms with E-state index in [1.165, 1.54) is 0 Å². The quantitative estimate of drug-likeness (QED) is 0.698. The summed E-state index contributed by atoms with van der Waals surface area (Å²) in [5.74, 6) is 0. The fraction of sp³-hybridized carbons (Fsp3) is 0.333. The fourth-order valence-corrected chi connectivity index (χ4v) is 3.38. The van der Waals surface area contributed by atoms with Crippen molar-refractivity contribution in [3.05, 3.63) is 47.2 Å². The van der Waals surface area contributed by atoms with Crippen molar-refractivity contribution < 1.29 is 9.53 Å². The average Bonchev–Trinajstić information content (AvgIpc) is 2.94. The highest BCUT2D eigenvalue weighted by Gasteiger charge is 2.26. The summed E-state index contributed by atoms with van der Waals surface area (Å²) in [6, 6.07) is 3.76. The average molecular weight is 356 g/mol. The normalized spacial score (nSPS) is 11.5. The molecule has 0 spiro atoms. The van der Waals surface area contributed by atoms with Crippen molar-refractivity contribution in [2.24, 2.45) is 0 Å². The van der Waals surface area contributed by atoms with Crippen molar-refractivity contribution in [1.82, 2.24) is 15.2 Å². The van der Waals surface area contributed by atoms with Crippen molar-refractivity contribution >= 4 is 33.3 Å². The van der Waals surface area contributed by atoms with E-state index in [1.54, 1.807) is 34.8 Å². The van der Waals surface area contributed by atoms with Gasteiger partial charge in [-0.3, -0.25) is 9.88 Å². The molecule has 0 aliphatic carbocycles. The van der Waals surface area contributed by atoms with E-state index in [9.17, 15) is 4.79 Å². The minimum absolute atomic E-state index is 0.370. The zero-order valence-electron chi connectivity index (χ0n) is 14.7.